The first kappa shape index (κ1) is 27.1. The number of ether oxygens (including phenoxy) is 1. The molecule has 2 amide bonds. The summed E-state index contributed by atoms with van der Waals surface area (Å²) in [5.74, 6) is -1.38. The molecule has 0 spiro atoms. The third-order valence-corrected chi connectivity index (χ3v) is 7.12. The number of aromatic nitrogens is 1. The molecule has 1 aromatic heterocycles. The predicted octanol–water partition coefficient (Wildman–Crippen LogP) is 6.98. The molecule has 0 fully saturated rings. The minimum absolute atomic E-state index is 0.0716. The van der Waals surface area contributed by atoms with Crippen LogP contribution in [0.2, 0.25) is 10.0 Å². The van der Waals surface area contributed by atoms with Crippen LogP contribution in [0.5, 0.6) is 5.75 Å². The number of benzene rings is 3. The summed E-state index contributed by atoms with van der Waals surface area (Å²) < 4.78 is 34.9. The van der Waals surface area contributed by atoms with Gasteiger partial charge in [-0.25, -0.2) is 18.6 Å². The van der Waals surface area contributed by atoms with E-state index in [1.165, 1.54) is 35.1 Å². The Hall–Kier alpha value is -2.98. The van der Waals surface area contributed by atoms with Gasteiger partial charge >= 0.3 is 6.03 Å². The van der Waals surface area contributed by atoms with Crippen molar-refractivity contribution in [1.82, 2.24) is 15.6 Å². The average Bonchev–Trinajstić information content (AvgIpc) is 3.25. The lowest BCUT2D eigenvalue weighted by Gasteiger charge is -2.18. The molecular weight excluding hydrogens is 541 g/mol. The number of fused-ring (bicyclic) bond motifs is 1. The molecule has 1 atom stereocenters. The molecule has 0 aliphatic heterocycles. The van der Waals surface area contributed by atoms with E-state index in [1.54, 1.807) is 6.92 Å². The molecule has 4 aromatic rings. The van der Waals surface area contributed by atoms with Crippen LogP contribution in [-0.2, 0) is 6.42 Å². The van der Waals surface area contributed by atoms with E-state index in [4.69, 9.17) is 27.9 Å². The second kappa shape index (κ2) is 12.5. The Morgan fingerprint density at radius 1 is 1.05 bits per heavy atom. The standard InChI is InChI=1S/C26H24Cl2F2N4O2S/c1-15(23-17(27)7-8-18(29)24(23)28)36-21-14-22-20(13-19(21)30)33-26(37-22)34-25(35)32-12-11-31-10-9-16-5-3-2-4-6-16/h2-8,13-15,31H,9-12H2,1H3,(H2,32,33,34,35). The zero-order chi connectivity index (χ0) is 26.4. The third kappa shape index (κ3) is 7.07. The van der Waals surface area contributed by atoms with E-state index in [0.29, 0.717) is 28.4 Å². The van der Waals surface area contributed by atoms with Crippen LogP contribution in [0.4, 0.5) is 18.7 Å². The fourth-order valence-corrected chi connectivity index (χ4v) is 5.20. The zero-order valence-electron chi connectivity index (χ0n) is 19.8. The molecule has 3 aromatic carbocycles. The number of carbonyl (C=O) groups is 1. The predicted molar refractivity (Wildman–Crippen MR) is 145 cm³/mol. The second-order valence-corrected chi connectivity index (χ2v) is 9.97. The topological polar surface area (TPSA) is 75.3 Å². The number of nitrogens with zero attached hydrogens (tertiary/aromatic N) is 1. The number of hydrogen-bond donors (Lipinski definition) is 3. The minimum Gasteiger partial charge on any atom is -0.483 e. The van der Waals surface area contributed by atoms with E-state index in [2.05, 4.69) is 33.1 Å². The maximum Gasteiger partial charge on any atom is 0.321 e. The van der Waals surface area contributed by atoms with Crippen LogP contribution in [0.3, 0.4) is 0 Å². The molecular formula is C26H24Cl2F2N4O2S. The first-order valence-electron chi connectivity index (χ1n) is 11.5. The molecule has 0 aliphatic carbocycles. The van der Waals surface area contributed by atoms with Gasteiger partial charge in [-0.15, -0.1) is 0 Å². The highest BCUT2D eigenvalue weighted by Gasteiger charge is 2.21. The van der Waals surface area contributed by atoms with Crippen LogP contribution in [0, 0.1) is 11.6 Å². The van der Waals surface area contributed by atoms with Gasteiger partial charge in [0.05, 0.1) is 15.2 Å². The van der Waals surface area contributed by atoms with Crippen LogP contribution in [0.1, 0.15) is 24.2 Å². The smallest absolute Gasteiger partial charge is 0.321 e. The molecule has 3 N–H and O–H groups in total. The molecule has 1 unspecified atom stereocenters. The van der Waals surface area contributed by atoms with Crippen LogP contribution >= 0.6 is 34.5 Å². The molecule has 37 heavy (non-hydrogen) atoms. The van der Waals surface area contributed by atoms with Gasteiger partial charge in [0.2, 0.25) is 0 Å². The first-order chi connectivity index (χ1) is 17.8. The number of nitrogens with one attached hydrogen (secondary N) is 3. The number of hydrogen-bond acceptors (Lipinski definition) is 5. The molecule has 0 saturated heterocycles. The van der Waals surface area contributed by atoms with Crippen molar-refractivity contribution in [1.29, 1.82) is 0 Å². The first-order valence-corrected chi connectivity index (χ1v) is 13.1. The molecule has 0 radical (unpaired) electrons. The molecule has 6 nitrogen and oxygen atoms in total. The van der Waals surface area contributed by atoms with Crippen molar-refractivity contribution in [3.05, 3.63) is 87.4 Å². The highest BCUT2D eigenvalue weighted by atomic mass is 35.5. The Bertz CT molecular complexity index is 1390. The Morgan fingerprint density at radius 2 is 1.84 bits per heavy atom. The fraction of sp³-hybridized carbons (Fsp3) is 0.231. The van der Waals surface area contributed by atoms with Crippen molar-refractivity contribution in [2.75, 3.05) is 25.0 Å². The lowest BCUT2D eigenvalue weighted by atomic mass is 10.1. The Balaban J connectivity index is 1.31. The van der Waals surface area contributed by atoms with Crippen molar-refractivity contribution >= 4 is 55.9 Å². The van der Waals surface area contributed by atoms with E-state index in [-0.39, 0.29) is 21.4 Å². The summed E-state index contributed by atoms with van der Waals surface area (Å²) in [6, 6.07) is 14.9. The molecule has 0 aliphatic rings. The Labute approximate surface area is 227 Å². The molecule has 1 heterocycles. The van der Waals surface area contributed by atoms with E-state index in [9.17, 15) is 13.6 Å². The van der Waals surface area contributed by atoms with E-state index >= 15 is 0 Å². The number of rotatable bonds is 10. The van der Waals surface area contributed by atoms with E-state index in [0.717, 1.165) is 19.0 Å². The van der Waals surface area contributed by atoms with Crippen molar-refractivity contribution in [2.45, 2.75) is 19.4 Å². The number of anilines is 1. The summed E-state index contributed by atoms with van der Waals surface area (Å²) in [5.41, 5.74) is 1.83. The van der Waals surface area contributed by atoms with Gasteiger partial charge in [0.15, 0.2) is 16.7 Å². The fourth-order valence-electron chi connectivity index (χ4n) is 3.65. The molecule has 4 rings (SSSR count). The van der Waals surface area contributed by atoms with Gasteiger partial charge in [-0.2, -0.15) is 0 Å². The highest BCUT2D eigenvalue weighted by Crippen LogP contribution is 2.37. The van der Waals surface area contributed by atoms with Gasteiger partial charge in [0.25, 0.3) is 0 Å². The average molecular weight is 565 g/mol. The minimum atomic E-state index is -0.819. The summed E-state index contributed by atoms with van der Waals surface area (Å²) in [6.45, 7) is 3.44. The van der Waals surface area contributed by atoms with Gasteiger partial charge in [-0.1, -0.05) is 64.9 Å². The Morgan fingerprint density at radius 3 is 2.62 bits per heavy atom. The zero-order valence-corrected chi connectivity index (χ0v) is 22.1. The van der Waals surface area contributed by atoms with Crippen molar-refractivity contribution in [2.24, 2.45) is 0 Å². The quantitative estimate of drug-likeness (QED) is 0.143. The summed E-state index contributed by atoms with van der Waals surface area (Å²) in [4.78, 5) is 16.5. The lowest BCUT2D eigenvalue weighted by Crippen LogP contribution is -2.35. The summed E-state index contributed by atoms with van der Waals surface area (Å²) in [7, 11) is 0. The van der Waals surface area contributed by atoms with Gasteiger partial charge in [0.1, 0.15) is 11.9 Å². The van der Waals surface area contributed by atoms with Crippen molar-refractivity contribution in [3.8, 4) is 5.75 Å². The number of urea groups is 1. The SMILES string of the molecule is CC(Oc1cc2sc(NC(=O)NCCNCCc3ccccc3)nc2cc1F)c1c(Cl)ccc(F)c1Cl. The summed E-state index contributed by atoms with van der Waals surface area (Å²) >= 11 is 13.4. The van der Waals surface area contributed by atoms with Gasteiger partial charge < -0.3 is 15.4 Å². The monoisotopic (exact) mass is 564 g/mol. The lowest BCUT2D eigenvalue weighted by molar-refractivity contribution is 0.216. The number of carbonyl (C=O) groups excluding carboxylic acids is 1. The molecule has 194 valence electrons. The summed E-state index contributed by atoms with van der Waals surface area (Å²) in [5, 5.41) is 9.04. The van der Waals surface area contributed by atoms with Crippen LogP contribution in [0.25, 0.3) is 10.2 Å². The van der Waals surface area contributed by atoms with Crippen LogP contribution in [-0.4, -0.2) is 30.6 Å². The van der Waals surface area contributed by atoms with Crippen LogP contribution < -0.4 is 20.7 Å². The Kier molecular flexibility index (Phi) is 9.15. The van der Waals surface area contributed by atoms with Gasteiger partial charge in [-0.3, -0.25) is 5.32 Å². The largest absolute Gasteiger partial charge is 0.483 e. The van der Waals surface area contributed by atoms with Gasteiger partial charge in [0, 0.05) is 35.8 Å². The van der Waals surface area contributed by atoms with Gasteiger partial charge in [-0.05, 0) is 37.6 Å². The molecule has 11 heteroatoms. The third-order valence-electron chi connectivity index (χ3n) is 5.47. The second-order valence-electron chi connectivity index (χ2n) is 8.15. The molecule has 0 bridgehead atoms. The van der Waals surface area contributed by atoms with Crippen LogP contribution in [0.15, 0.2) is 54.6 Å². The normalized spacial score (nSPS) is 11.9. The molecule has 0 saturated carbocycles. The van der Waals surface area contributed by atoms with Crippen molar-refractivity contribution in [3.63, 3.8) is 0 Å². The van der Waals surface area contributed by atoms with Crippen molar-refractivity contribution < 1.29 is 18.3 Å². The summed E-state index contributed by atoms with van der Waals surface area (Å²) in [6.07, 6.45) is 0.0856. The number of thiazole rings is 1. The maximum absolute atomic E-state index is 14.7. The number of amides is 2. The van der Waals surface area contributed by atoms with E-state index < -0.39 is 23.8 Å². The highest BCUT2D eigenvalue weighted by molar-refractivity contribution is 7.22. The van der Waals surface area contributed by atoms with E-state index in [1.807, 2.05) is 18.2 Å². The number of halogens is 4. The maximum atomic E-state index is 14.7.